The number of piperidine rings is 4. The molecule has 0 radical (unpaired) electrons. The van der Waals surface area contributed by atoms with Gasteiger partial charge in [-0.1, -0.05) is 66.7 Å². The fraction of sp³-hybridized carbons (Fsp3) is 0.485. The van der Waals surface area contributed by atoms with Gasteiger partial charge in [0.25, 0.3) is 40.0 Å². The van der Waals surface area contributed by atoms with Crippen molar-refractivity contribution in [1.29, 1.82) is 0 Å². The number of imidazole rings is 3. The maximum absolute atomic E-state index is 13.6. The number of benzene rings is 5. The third kappa shape index (κ3) is 19.8. The standard InChI is InChI=1S/C29H33FN4O3.C24H31N5O3.C23H29N5O3.C21H25N5O2/c1-29(2,37)28(36)33-15-13-20(14-16-33)17-25-23(12-9-19-7-10-22(30)11-8-19)27(35)34(32-25)26-18-21-5-3-4-6-24(21)31-26;1-24(2,32)22(31)28-13-11-15(12-14-28)7-10-17-20(16-8-9-16)27-29(21(17)30)23-25-18-5-3-4-6-19(18)26-23;1-23(2,31)21(30)27-11-5-6-14(13-27)12-16-19(15-9-10-15)26-28(20(16)29)22-24-17-7-3-4-8-18(17)25-22;1-13(27)25-10-4-5-14(12-25)11-16-19(15-8-9-15)24-26(20(16)28)21-22-17-6-2-3-7-18(17)23-21/h3-8,10-11,20,32,37H,9,12-18H2,1-2H3;3-6,15-16,27,32H,7-14H2,1-2H3,(H,25,26);3-4,7-8,14-15,26,31H,5-6,9-13H2,1-2H3,(H,24,25);2-3,6-7,14-15,24H,4-5,8-12H2,1H3,(H,22,23). The molecule has 7 aromatic heterocycles. The first-order chi connectivity index (χ1) is 61.4. The summed E-state index contributed by atoms with van der Waals surface area (Å²) in [7, 11) is 0. The highest BCUT2D eigenvalue weighted by atomic mass is 19.1. The van der Waals surface area contributed by atoms with E-state index in [4.69, 9.17) is 4.99 Å². The third-order valence-electron chi connectivity index (χ3n) is 26.7. The van der Waals surface area contributed by atoms with Crippen LogP contribution in [0.1, 0.15) is 219 Å². The first-order valence-electron chi connectivity index (χ1n) is 45.8. The van der Waals surface area contributed by atoms with Gasteiger partial charge in [-0.05, 0) is 266 Å². The SMILES string of the molecule is CC(=O)N1CCCC(Cc2c(C3CC3)[nH]n(-c3nc4ccccc4[nH]3)c2=O)C1.CC(C)(O)C(=O)N1CCC(CCc2c(C3CC3)[nH]n(-c3nc4ccccc4[nH]3)c2=O)CC1.CC(C)(O)C(=O)N1CCC(Cc2[nH]n(C3=Nc4ccccc4C3)c(=O)c2CCc2ccc(F)cc2)CC1.CC(C)(O)C(=O)N1CCCC(Cc2c(C3CC3)[nH]n(-c3nc4ccccc4[nH]3)c2=O)C1. The molecule has 12 aromatic rings. The van der Waals surface area contributed by atoms with E-state index in [1.165, 1.54) is 44.5 Å². The van der Waals surface area contributed by atoms with Crippen LogP contribution in [0.5, 0.6) is 0 Å². The van der Waals surface area contributed by atoms with E-state index < -0.39 is 16.8 Å². The lowest BCUT2D eigenvalue weighted by Crippen LogP contribution is -2.49. The molecule has 30 nitrogen and oxygen atoms in total. The van der Waals surface area contributed by atoms with Gasteiger partial charge >= 0.3 is 0 Å². The second-order valence-electron chi connectivity index (χ2n) is 38.2. The van der Waals surface area contributed by atoms with Crippen LogP contribution in [0.25, 0.3) is 50.9 Å². The Morgan fingerprint density at radius 3 is 1.27 bits per heavy atom. The molecule has 4 amide bonds. The zero-order valence-corrected chi connectivity index (χ0v) is 74.2. The number of aryl methyl sites for hydroxylation is 1. The Labute approximate surface area is 739 Å². The summed E-state index contributed by atoms with van der Waals surface area (Å²) in [6.07, 6.45) is 19.5. The van der Waals surface area contributed by atoms with Crippen LogP contribution in [0.15, 0.2) is 145 Å². The highest BCUT2D eigenvalue weighted by Crippen LogP contribution is 2.44. The summed E-state index contributed by atoms with van der Waals surface area (Å²) in [6.45, 7) is 16.1. The molecule has 0 bridgehead atoms. The topological polar surface area (TPSA) is 391 Å². The largest absolute Gasteiger partial charge is 0.381 e. The van der Waals surface area contributed by atoms with Crippen LogP contribution in [0.2, 0.25) is 0 Å². The second-order valence-corrected chi connectivity index (χ2v) is 38.2. The molecule has 3 aliphatic carbocycles. The van der Waals surface area contributed by atoms with Crippen molar-refractivity contribution in [3.63, 3.8) is 0 Å². The zero-order chi connectivity index (χ0) is 89.6. The molecule has 4 saturated heterocycles. The van der Waals surface area contributed by atoms with Crippen molar-refractivity contribution in [2.24, 2.45) is 28.7 Å². The fourth-order valence-electron chi connectivity index (χ4n) is 19.2. The number of amides is 4. The normalized spacial score (nSPS) is 18.3. The number of aromatic nitrogens is 14. The van der Waals surface area contributed by atoms with Gasteiger partial charge in [-0.3, -0.25) is 58.8 Å². The number of nitrogens with one attached hydrogen (secondary N) is 7. The number of likely N-dealkylation sites (tertiary alicyclic amines) is 4. The van der Waals surface area contributed by atoms with E-state index in [1.807, 2.05) is 102 Å². The minimum absolute atomic E-state index is 0.0131. The van der Waals surface area contributed by atoms with E-state index in [0.29, 0.717) is 131 Å². The Hall–Kier alpha value is -12.1. The van der Waals surface area contributed by atoms with E-state index in [9.17, 15) is 58.1 Å². The van der Waals surface area contributed by atoms with E-state index in [1.54, 1.807) is 61.6 Å². The summed E-state index contributed by atoms with van der Waals surface area (Å²) in [4.78, 5) is 138. The monoisotopic (exact) mass is 1740 g/mol. The highest BCUT2D eigenvalue weighted by molar-refractivity contribution is 5.93. The zero-order valence-electron chi connectivity index (χ0n) is 74.2. The number of para-hydroxylation sites is 7. The smallest absolute Gasteiger partial charge is 0.277 e. The van der Waals surface area contributed by atoms with Gasteiger partial charge in [-0.2, -0.15) is 14.0 Å². The van der Waals surface area contributed by atoms with Crippen molar-refractivity contribution in [3.8, 4) is 17.8 Å². The van der Waals surface area contributed by atoms with Crippen LogP contribution in [0, 0.1) is 29.5 Å². The van der Waals surface area contributed by atoms with Crippen molar-refractivity contribution in [2.45, 2.75) is 224 Å². The molecule has 674 valence electrons. The van der Waals surface area contributed by atoms with Gasteiger partial charge in [0.15, 0.2) is 0 Å². The molecule has 8 aliphatic rings. The van der Waals surface area contributed by atoms with Crippen molar-refractivity contribution in [2.75, 3.05) is 52.4 Å². The number of nitrogens with zero attached hydrogens (tertiary/aromatic N) is 12. The Kier molecular flexibility index (Phi) is 25.1. The van der Waals surface area contributed by atoms with Crippen LogP contribution in [-0.4, -0.2) is 203 Å². The van der Waals surface area contributed by atoms with Gasteiger partial charge in [-0.15, -0.1) is 0 Å². The van der Waals surface area contributed by atoms with Crippen molar-refractivity contribution >= 4 is 68.3 Å². The molecule has 20 rings (SSSR count). The van der Waals surface area contributed by atoms with Crippen LogP contribution in [0.3, 0.4) is 0 Å². The van der Waals surface area contributed by atoms with Gasteiger partial charge in [0, 0.05) is 128 Å². The van der Waals surface area contributed by atoms with Gasteiger partial charge in [0.05, 0.1) is 38.8 Å². The number of rotatable bonds is 21. The van der Waals surface area contributed by atoms with Crippen LogP contribution in [-0.2, 0) is 64.1 Å². The summed E-state index contributed by atoms with van der Waals surface area (Å²) in [5, 5.41) is 43.6. The van der Waals surface area contributed by atoms with Crippen molar-refractivity contribution in [1.82, 2.24) is 88.6 Å². The van der Waals surface area contributed by atoms with E-state index >= 15 is 0 Å². The number of carbonyl (C=O) groups excluding carboxylic acids is 4. The summed E-state index contributed by atoms with van der Waals surface area (Å²) in [6, 6.07) is 37.6. The molecule has 12 heterocycles. The number of hydrogen-bond donors (Lipinski definition) is 10. The number of carbonyl (C=O) groups is 4. The Morgan fingerprint density at radius 1 is 0.414 bits per heavy atom. The fourth-order valence-corrected chi connectivity index (χ4v) is 19.2. The van der Waals surface area contributed by atoms with Crippen LogP contribution >= 0.6 is 0 Å². The molecule has 5 aliphatic heterocycles. The molecule has 3 saturated carbocycles. The summed E-state index contributed by atoms with van der Waals surface area (Å²) < 4.78 is 19.6. The predicted molar refractivity (Wildman–Crippen MR) is 487 cm³/mol. The first-order valence-corrected chi connectivity index (χ1v) is 45.8. The Bertz CT molecular complexity index is 6250. The maximum atomic E-state index is 13.6. The Balaban J connectivity index is 0.000000121. The minimum atomic E-state index is -1.37. The van der Waals surface area contributed by atoms with E-state index in [-0.39, 0.29) is 57.6 Å². The summed E-state index contributed by atoms with van der Waals surface area (Å²) in [5.41, 5.74) is 11.3. The number of aliphatic imine (C=N–C) groups is 1. The van der Waals surface area contributed by atoms with Gasteiger partial charge in [-0.25, -0.2) is 29.0 Å². The maximum Gasteiger partial charge on any atom is 0.277 e. The molecule has 10 N–H and O–H groups in total. The lowest BCUT2D eigenvalue weighted by Gasteiger charge is -2.35. The molecule has 0 spiro atoms. The average Bonchev–Trinajstić information content (AvgIpc) is 1.63. The first kappa shape index (κ1) is 88.0. The molecule has 7 fully saturated rings. The van der Waals surface area contributed by atoms with E-state index in [2.05, 4.69) is 50.3 Å². The van der Waals surface area contributed by atoms with E-state index in [0.717, 1.165) is 217 Å². The molecule has 2 unspecified atom stereocenters. The Morgan fingerprint density at radius 2 is 0.820 bits per heavy atom. The molecule has 5 aromatic carbocycles. The summed E-state index contributed by atoms with van der Waals surface area (Å²) >= 11 is 0. The lowest BCUT2D eigenvalue weighted by molar-refractivity contribution is -0.150. The van der Waals surface area contributed by atoms with Crippen molar-refractivity contribution in [3.05, 3.63) is 225 Å². The number of H-pyrrole nitrogens is 7. The molecule has 2 atom stereocenters. The number of hydrogen-bond acceptors (Lipinski definition) is 15. The third-order valence-corrected chi connectivity index (χ3v) is 26.7. The average molecular weight is 1750 g/mol. The predicted octanol–water partition coefficient (Wildman–Crippen LogP) is 11.8. The molecular weight excluding hydrogens is 1630 g/mol. The number of fused-ring (bicyclic) bond motifs is 4. The number of aliphatic hydroxyl groups is 3. The lowest BCUT2D eigenvalue weighted by atomic mass is 9.89. The number of aromatic amines is 7. The highest BCUT2D eigenvalue weighted by Gasteiger charge is 2.40. The molecule has 31 heteroatoms. The van der Waals surface area contributed by atoms with Gasteiger partial charge in [0.1, 0.15) is 28.5 Å². The quantitative estimate of drug-likeness (QED) is 0.0320. The van der Waals surface area contributed by atoms with Gasteiger partial charge < -0.3 is 49.9 Å². The number of halogens is 1. The minimum Gasteiger partial charge on any atom is -0.381 e. The summed E-state index contributed by atoms with van der Waals surface area (Å²) in [5.74, 6) is 4.01. The second kappa shape index (κ2) is 36.6. The van der Waals surface area contributed by atoms with Gasteiger partial charge in [0.2, 0.25) is 23.8 Å². The van der Waals surface area contributed by atoms with Crippen LogP contribution < -0.4 is 22.2 Å². The van der Waals surface area contributed by atoms with Crippen LogP contribution in [0.4, 0.5) is 10.1 Å². The molecule has 128 heavy (non-hydrogen) atoms. The molecular formula is C97H118FN19O11. The van der Waals surface area contributed by atoms with Crippen molar-refractivity contribution < 1.29 is 38.9 Å².